The molecule has 1 N–H and O–H groups in total. The molecule has 3 aromatic rings. The summed E-state index contributed by atoms with van der Waals surface area (Å²) in [5.41, 5.74) is -1.43. The second-order valence-electron chi connectivity index (χ2n) is 7.03. The van der Waals surface area contributed by atoms with E-state index in [-0.39, 0.29) is 38.5 Å². The number of alkyl halides is 3. The number of halogens is 5. The maximum atomic E-state index is 12.8. The Labute approximate surface area is 210 Å². The SMILES string of the molecule is COC(=O)C(NC(=O)c1cc([N+](=O)[O-])ccc1Cl)c1ccc(Oc2ncc(C(F)(F)F)cc2Cl)cc1. The zero-order valence-electron chi connectivity index (χ0n) is 18.0. The highest BCUT2D eigenvalue weighted by Crippen LogP contribution is 2.35. The van der Waals surface area contributed by atoms with Gasteiger partial charge in [-0.05, 0) is 29.8 Å². The molecule has 0 aliphatic carbocycles. The van der Waals surface area contributed by atoms with Crippen LogP contribution in [0.4, 0.5) is 18.9 Å². The zero-order chi connectivity index (χ0) is 26.6. The van der Waals surface area contributed by atoms with Crippen LogP contribution < -0.4 is 10.1 Å². The molecule has 0 bridgehead atoms. The Hall–Kier alpha value is -3.90. The quantitative estimate of drug-likeness (QED) is 0.228. The number of hydrogen-bond donors (Lipinski definition) is 1. The second kappa shape index (κ2) is 10.8. The van der Waals surface area contributed by atoms with Gasteiger partial charge in [0.2, 0.25) is 5.88 Å². The average Bonchev–Trinajstić information content (AvgIpc) is 2.83. The van der Waals surface area contributed by atoms with Gasteiger partial charge in [0, 0.05) is 18.3 Å². The summed E-state index contributed by atoms with van der Waals surface area (Å²) >= 11 is 11.8. The number of aromatic nitrogens is 1. The van der Waals surface area contributed by atoms with Crippen molar-refractivity contribution in [2.75, 3.05) is 7.11 Å². The van der Waals surface area contributed by atoms with Crippen LogP contribution in [0, 0.1) is 10.1 Å². The van der Waals surface area contributed by atoms with Crippen molar-refractivity contribution in [1.82, 2.24) is 10.3 Å². The number of nitro groups is 1. The van der Waals surface area contributed by atoms with E-state index >= 15 is 0 Å². The van der Waals surface area contributed by atoms with Crippen molar-refractivity contribution in [2.45, 2.75) is 12.2 Å². The van der Waals surface area contributed by atoms with Crippen LogP contribution in [0.5, 0.6) is 11.6 Å². The third-order valence-corrected chi connectivity index (χ3v) is 5.28. The summed E-state index contributed by atoms with van der Waals surface area (Å²) in [5, 5.41) is 13.0. The molecule has 0 aliphatic heterocycles. The largest absolute Gasteiger partial charge is 0.467 e. The van der Waals surface area contributed by atoms with Gasteiger partial charge in [0.1, 0.15) is 10.8 Å². The molecule has 0 radical (unpaired) electrons. The van der Waals surface area contributed by atoms with E-state index in [0.29, 0.717) is 12.3 Å². The van der Waals surface area contributed by atoms with Crippen molar-refractivity contribution >= 4 is 40.8 Å². The first-order valence-electron chi connectivity index (χ1n) is 9.74. The minimum Gasteiger partial charge on any atom is -0.467 e. The molecule has 3 rings (SSSR count). The van der Waals surface area contributed by atoms with Gasteiger partial charge in [0.15, 0.2) is 6.04 Å². The van der Waals surface area contributed by atoms with Gasteiger partial charge >= 0.3 is 12.1 Å². The van der Waals surface area contributed by atoms with Crippen LogP contribution in [-0.2, 0) is 15.7 Å². The van der Waals surface area contributed by atoms with Gasteiger partial charge in [-0.1, -0.05) is 35.3 Å². The number of nitro benzene ring substituents is 1. The number of pyridine rings is 1. The van der Waals surface area contributed by atoms with E-state index in [1.165, 1.54) is 30.3 Å². The predicted molar refractivity (Wildman–Crippen MR) is 121 cm³/mol. The number of rotatable bonds is 7. The molecule has 1 unspecified atom stereocenters. The van der Waals surface area contributed by atoms with Gasteiger partial charge in [-0.15, -0.1) is 0 Å². The molecule has 1 heterocycles. The number of benzene rings is 2. The smallest absolute Gasteiger partial charge is 0.417 e. The lowest BCUT2D eigenvalue weighted by atomic mass is 10.1. The van der Waals surface area contributed by atoms with Gasteiger partial charge < -0.3 is 14.8 Å². The third-order valence-electron chi connectivity index (χ3n) is 4.68. The first-order valence-corrected chi connectivity index (χ1v) is 10.5. The molecule has 36 heavy (non-hydrogen) atoms. The average molecular weight is 544 g/mol. The van der Waals surface area contributed by atoms with Crippen LogP contribution in [0.2, 0.25) is 10.0 Å². The predicted octanol–water partition coefficient (Wildman–Crippen LogP) is 5.75. The van der Waals surface area contributed by atoms with Gasteiger partial charge in [0.05, 0.1) is 28.2 Å². The lowest BCUT2D eigenvalue weighted by Gasteiger charge is -2.18. The van der Waals surface area contributed by atoms with Crippen LogP contribution in [-0.4, -0.2) is 28.9 Å². The van der Waals surface area contributed by atoms with Gasteiger partial charge in [0.25, 0.3) is 11.6 Å². The van der Waals surface area contributed by atoms with Crippen LogP contribution in [0.25, 0.3) is 0 Å². The van der Waals surface area contributed by atoms with E-state index in [9.17, 15) is 32.9 Å². The highest BCUT2D eigenvalue weighted by Gasteiger charge is 2.32. The topological polar surface area (TPSA) is 121 Å². The fourth-order valence-electron chi connectivity index (χ4n) is 2.90. The third kappa shape index (κ3) is 6.20. The summed E-state index contributed by atoms with van der Waals surface area (Å²) in [4.78, 5) is 39.0. The van der Waals surface area contributed by atoms with Crippen molar-refractivity contribution < 1.29 is 37.2 Å². The van der Waals surface area contributed by atoms with Crippen LogP contribution >= 0.6 is 23.2 Å². The molecule has 1 aromatic heterocycles. The van der Waals surface area contributed by atoms with Crippen molar-refractivity contribution in [3.63, 3.8) is 0 Å². The number of methoxy groups -OCH3 is 1. The minimum absolute atomic E-state index is 0.0774. The monoisotopic (exact) mass is 543 g/mol. The van der Waals surface area contributed by atoms with E-state index in [2.05, 4.69) is 10.3 Å². The number of hydrogen-bond acceptors (Lipinski definition) is 7. The molecule has 1 atom stereocenters. The van der Waals surface area contributed by atoms with Gasteiger partial charge in [-0.2, -0.15) is 13.2 Å². The molecule has 9 nitrogen and oxygen atoms in total. The Morgan fingerprint density at radius 1 is 1.08 bits per heavy atom. The summed E-state index contributed by atoms with van der Waals surface area (Å²) in [6.07, 6.45) is -4.06. The Balaban J connectivity index is 1.82. The molecular weight excluding hydrogens is 530 g/mol. The first-order chi connectivity index (χ1) is 16.9. The maximum absolute atomic E-state index is 12.8. The normalized spacial score (nSPS) is 11.9. The number of non-ortho nitro benzene ring substituents is 1. The number of nitrogens with zero attached hydrogens (tertiary/aromatic N) is 2. The number of esters is 1. The summed E-state index contributed by atoms with van der Waals surface area (Å²) < 4.78 is 48.5. The van der Waals surface area contributed by atoms with Crippen molar-refractivity contribution in [1.29, 1.82) is 0 Å². The Morgan fingerprint density at radius 3 is 2.31 bits per heavy atom. The molecular formula is C22H14Cl2F3N3O6. The summed E-state index contributed by atoms with van der Waals surface area (Å²) in [6.45, 7) is 0. The van der Waals surface area contributed by atoms with E-state index in [4.69, 9.17) is 32.7 Å². The molecule has 0 spiro atoms. The fourth-order valence-corrected chi connectivity index (χ4v) is 3.31. The molecule has 14 heteroatoms. The Bertz CT molecular complexity index is 1320. The molecule has 188 valence electrons. The minimum atomic E-state index is -4.63. The molecule has 0 fully saturated rings. The van der Waals surface area contributed by atoms with E-state index in [0.717, 1.165) is 19.2 Å². The van der Waals surface area contributed by atoms with Gasteiger partial charge in [-0.25, -0.2) is 9.78 Å². The lowest BCUT2D eigenvalue weighted by molar-refractivity contribution is -0.384. The highest BCUT2D eigenvalue weighted by atomic mass is 35.5. The maximum Gasteiger partial charge on any atom is 0.417 e. The van der Waals surface area contributed by atoms with Crippen LogP contribution in [0.1, 0.15) is 27.5 Å². The van der Waals surface area contributed by atoms with E-state index in [1.54, 1.807) is 0 Å². The number of amides is 1. The molecule has 0 saturated carbocycles. The van der Waals surface area contributed by atoms with E-state index < -0.39 is 34.6 Å². The number of carbonyl (C=O) groups excluding carboxylic acids is 2. The summed E-state index contributed by atoms with van der Waals surface area (Å²) in [6, 6.07) is 8.06. The Morgan fingerprint density at radius 2 is 1.75 bits per heavy atom. The zero-order valence-corrected chi connectivity index (χ0v) is 19.5. The van der Waals surface area contributed by atoms with Crippen molar-refractivity contribution in [3.8, 4) is 11.6 Å². The van der Waals surface area contributed by atoms with Crippen molar-refractivity contribution in [3.05, 3.63) is 91.6 Å². The molecule has 0 saturated heterocycles. The Kier molecular flexibility index (Phi) is 8.00. The molecule has 0 aliphatic rings. The number of carbonyl (C=O) groups is 2. The van der Waals surface area contributed by atoms with Crippen LogP contribution in [0.15, 0.2) is 54.7 Å². The standard InChI is InChI=1S/C22H14Cl2F3N3O6/c1-35-21(32)18(29-19(31)15-9-13(30(33)34)4-7-16(15)23)11-2-5-14(6-3-11)36-20-17(24)8-12(10-28-20)22(25,26)27/h2-10,18H,1H3,(H,29,31). The molecule has 1 amide bonds. The number of ether oxygens (including phenoxy) is 2. The first kappa shape index (κ1) is 26.7. The fraction of sp³-hybridized carbons (Fsp3) is 0.136. The van der Waals surface area contributed by atoms with Crippen molar-refractivity contribution in [2.24, 2.45) is 0 Å². The van der Waals surface area contributed by atoms with Gasteiger partial charge in [-0.3, -0.25) is 14.9 Å². The lowest BCUT2D eigenvalue weighted by Crippen LogP contribution is -2.34. The summed E-state index contributed by atoms with van der Waals surface area (Å²) in [5.74, 6) is -1.90. The highest BCUT2D eigenvalue weighted by molar-refractivity contribution is 6.34. The number of nitrogens with one attached hydrogen (secondary N) is 1. The van der Waals surface area contributed by atoms with E-state index in [1.807, 2.05) is 0 Å². The molecule has 2 aromatic carbocycles. The van der Waals surface area contributed by atoms with Crippen LogP contribution in [0.3, 0.4) is 0 Å². The summed E-state index contributed by atoms with van der Waals surface area (Å²) in [7, 11) is 1.09. The second-order valence-corrected chi connectivity index (χ2v) is 7.85.